The van der Waals surface area contributed by atoms with Crippen LogP contribution in [0.4, 0.5) is 0 Å². The van der Waals surface area contributed by atoms with Gasteiger partial charge in [0.1, 0.15) is 10.6 Å². The molecular formula is C13H14ClN3O3S. The summed E-state index contributed by atoms with van der Waals surface area (Å²) in [5.74, 6) is 0.674. The predicted molar refractivity (Wildman–Crippen MR) is 78.7 cm³/mol. The van der Waals surface area contributed by atoms with Gasteiger partial charge in [0, 0.05) is 13.6 Å². The summed E-state index contributed by atoms with van der Waals surface area (Å²) in [4.78, 5) is 7.38. The molecule has 0 aliphatic carbocycles. The average molecular weight is 328 g/mol. The van der Waals surface area contributed by atoms with E-state index in [-0.39, 0.29) is 16.7 Å². The second-order valence-corrected chi connectivity index (χ2v) is 6.68. The minimum absolute atomic E-state index is 0.00250. The molecule has 0 saturated carbocycles. The Kier molecular flexibility index (Phi) is 4.76. The molecule has 6 nitrogen and oxygen atoms in total. The molecule has 0 aliphatic heterocycles. The van der Waals surface area contributed by atoms with Crippen molar-refractivity contribution in [3.8, 4) is 5.75 Å². The fourth-order valence-corrected chi connectivity index (χ4v) is 2.87. The lowest BCUT2D eigenvalue weighted by atomic mass is 10.2. The van der Waals surface area contributed by atoms with Gasteiger partial charge in [-0.25, -0.2) is 18.4 Å². The van der Waals surface area contributed by atoms with Crippen molar-refractivity contribution in [1.29, 1.82) is 0 Å². The van der Waals surface area contributed by atoms with Gasteiger partial charge in [0.05, 0.1) is 19.5 Å². The van der Waals surface area contributed by atoms with Crippen LogP contribution < -0.4 is 4.74 Å². The molecule has 112 valence electrons. The Balaban J connectivity index is 2.22. The highest BCUT2D eigenvalue weighted by Gasteiger charge is 2.21. The molecule has 0 N–H and O–H groups in total. The maximum absolute atomic E-state index is 12.4. The molecule has 0 spiro atoms. The Labute approximate surface area is 128 Å². The maximum Gasteiger partial charge on any atom is 0.246 e. The molecule has 0 saturated heterocycles. The van der Waals surface area contributed by atoms with Crippen molar-refractivity contribution in [2.75, 3.05) is 14.2 Å². The zero-order chi connectivity index (χ0) is 15.5. The monoisotopic (exact) mass is 327 g/mol. The molecule has 1 heterocycles. The van der Waals surface area contributed by atoms with Gasteiger partial charge in [0.2, 0.25) is 15.3 Å². The van der Waals surface area contributed by atoms with Crippen molar-refractivity contribution in [2.45, 2.75) is 11.4 Å². The number of halogens is 1. The van der Waals surface area contributed by atoms with E-state index in [0.717, 1.165) is 5.56 Å². The van der Waals surface area contributed by atoms with Crippen LogP contribution in [0, 0.1) is 0 Å². The first kappa shape index (κ1) is 15.7. The van der Waals surface area contributed by atoms with Crippen LogP contribution in [0.1, 0.15) is 5.56 Å². The number of hydrogen-bond donors (Lipinski definition) is 0. The molecular weight excluding hydrogens is 314 g/mol. The summed E-state index contributed by atoms with van der Waals surface area (Å²) >= 11 is 5.56. The number of aromatic nitrogens is 2. The standard InChI is InChI=1S/C13H14ClN3O3S/c1-17(9-10-4-3-5-11(6-10)20-2)21(18,19)12-7-15-13(14)16-8-12/h3-8H,9H2,1-2H3. The van der Waals surface area contributed by atoms with Gasteiger partial charge in [0.15, 0.2) is 0 Å². The van der Waals surface area contributed by atoms with Gasteiger partial charge in [-0.3, -0.25) is 0 Å². The Morgan fingerprint density at radius 1 is 1.29 bits per heavy atom. The largest absolute Gasteiger partial charge is 0.497 e. The number of rotatable bonds is 5. The zero-order valence-corrected chi connectivity index (χ0v) is 13.1. The summed E-state index contributed by atoms with van der Waals surface area (Å²) < 4.78 is 31.1. The zero-order valence-electron chi connectivity index (χ0n) is 11.5. The summed E-state index contributed by atoms with van der Waals surface area (Å²) in [6.07, 6.45) is 2.37. The second kappa shape index (κ2) is 6.38. The third-order valence-corrected chi connectivity index (χ3v) is 4.80. The van der Waals surface area contributed by atoms with Gasteiger partial charge in [-0.15, -0.1) is 0 Å². The van der Waals surface area contributed by atoms with E-state index in [1.54, 1.807) is 25.3 Å². The lowest BCUT2D eigenvalue weighted by molar-refractivity contribution is 0.412. The van der Waals surface area contributed by atoms with Crippen molar-refractivity contribution in [3.05, 3.63) is 47.5 Å². The van der Waals surface area contributed by atoms with E-state index in [4.69, 9.17) is 16.3 Å². The summed E-state index contributed by atoms with van der Waals surface area (Å²) in [6.45, 7) is 0.210. The molecule has 1 aromatic heterocycles. The summed E-state index contributed by atoms with van der Waals surface area (Å²) in [6, 6.07) is 7.21. The summed E-state index contributed by atoms with van der Waals surface area (Å²) in [5, 5.41) is 0.00407. The fourth-order valence-electron chi connectivity index (χ4n) is 1.73. The van der Waals surface area contributed by atoms with Crippen LogP contribution in [0.5, 0.6) is 5.75 Å². The molecule has 2 rings (SSSR count). The van der Waals surface area contributed by atoms with Crippen molar-refractivity contribution in [2.24, 2.45) is 0 Å². The van der Waals surface area contributed by atoms with E-state index in [1.165, 1.54) is 23.7 Å². The Hall–Kier alpha value is -1.70. The van der Waals surface area contributed by atoms with Crippen LogP contribution in [0.15, 0.2) is 41.6 Å². The molecule has 0 atom stereocenters. The Morgan fingerprint density at radius 2 is 1.95 bits per heavy atom. The van der Waals surface area contributed by atoms with Crippen molar-refractivity contribution >= 4 is 21.6 Å². The molecule has 0 radical (unpaired) electrons. The number of hydrogen-bond acceptors (Lipinski definition) is 5. The number of benzene rings is 1. The molecule has 21 heavy (non-hydrogen) atoms. The minimum Gasteiger partial charge on any atom is -0.497 e. The third kappa shape index (κ3) is 3.69. The van der Waals surface area contributed by atoms with Crippen molar-refractivity contribution < 1.29 is 13.2 Å². The fraction of sp³-hybridized carbons (Fsp3) is 0.231. The maximum atomic E-state index is 12.4. The quantitative estimate of drug-likeness (QED) is 0.785. The van der Waals surface area contributed by atoms with Crippen molar-refractivity contribution in [1.82, 2.24) is 14.3 Å². The van der Waals surface area contributed by atoms with E-state index in [2.05, 4.69) is 9.97 Å². The number of nitrogens with zero attached hydrogens (tertiary/aromatic N) is 3. The van der Waals surface area contributed by atoms with E-state index in [9.17, 15) is 8.42 Å². The van der Waals surface area contributed by atoms with Gasteiger partial charge in [-0.05, 0) is 29.3 Å². The Bertz CT molecular complexity index is 720. The Morgan fingerprint density at radius 3 is 2.57 bits per heavy atom. The molecule has 0 unspecified atom stereocenters. The third-order valence-electron chi connectivity index (χ3n) is 2.84. The van der Waals surface area contributed by atoms with E-state index >= 15 is 0 Å². The van der Waals surface area contributed by atoms with Crippen LogP contribution >= 0.6 is 11.6 Å². The molecule has 0 fully saturated rings. The van der Waals surface area contributed by atoms with Crippen LogP contribution in [0.25, 0.3) is 0 Å². The first-order chi connectivity index (χ1) is 9.93. The van der Waals surface area contributed by atoms with Gasteiger partial charge in [-0.1, -0.05) is 12.1 Å². The normalized spacial score (nSPS) is 11.6. The van der Waals surface area contributed by atoms with Crippen molar-refractivity contribution in [3.63, 3.8) is 0 Å². The summed E-state index contributed by atoms with van der Waals surface area (Å²) in [7, 11) is -0.615. The minimum atomic E-state index is -3.66. The molecule has 8 heteroatoms. The smallest absolute Gasteiger partial charge is 0.246 e. The molecule has 1 aromatic carbocycles. The van der Waals surface area contributed by atoms with Crippen LogP contribution in [-0.2, 0) is 16.6 Å². The first-order valence-corrected chi connectivity index (χ1v) is 7.82. The van der Waals surface area contributed by atoms with E-state index in [1.807, 2.05) is 6.07 Å². The predicted octanol–water partition coefficient (Wildman–Crippen LogP) is 1.96. The van der Waals surface area contributed by atoms with Gasteiger partial charge < -0.3 is 4.74 Å². The highest BCUT2D eigenvalue weighted by atomic mass is 35.5. The molecule has 0 bridgehead atoms. The topological polar surface area (TPSA) is 72.4 Å². The highest BCUT2D eigenvalue weighted by Crippen LogP contribution is 2.18. The van der Waals surface area contributed by atoms with Crippen LogP contribution in [0.3, 0.4) is 0 Å². The molecule has 0 aliphatic rings. The number of sulfonamides is 1. The van der Waals surface area contributed by atoms with Crippen LogP contribution in [0.2, 0.25) is 5.28 Å². The lowest BCUT2D eigenvalue weighted by Crippen LogP contribution is -2.26. The first-order valence-electron chi connectivity index (χ1n) is 6.00. The van der Waals surface area contributed by atoms with Gasteiger partial charge in [-0.2, -0.15) is 4.31 Å². The SMILES string of the molecule is COc1cccc(CN(C)S(=O)(=O)c2cnc(Cl)nc2)c1. The second-order valence-electron chi connectivity index (χ2n) is 4.30. The van der Waals surface area contributed by atoms with E-state index in [0.29, 0.717) is 5.75 Å². The molecule has 2 aromatic rings. The van der Waals surface area contributed by atoms with Crippen LogP contribution in [-0.4, -0.2) is 36.8 Å². The average Bonchev–Trinajstić information content (AvgIpc) is 2.48. The summed E-state index contributed by atoms with van der Waals surface area (Å²) in [5.41, 5.74) is 0.815. The highest BCUT2D eigenvalue weighted by molar-refractivity contribution is 7.89. The lowest BCUT2D eigenvalue weighted by Gasteiger charge is -2.17. The number of methoxy groups -OCH3 is 1. The van der Waals surface area contributed by atoms with Gasteiger partial charge >= 0.3 is 0 Å². The van der Waals surface area contributed by atoms with E-state index < -0.39 is 10.0 Å². The number of ether oxygens (including phenoxy) is 1. The van der Waals surface area contributed by atoms with Gasteiger partial charge in [0.25, 0.3) is 0 Å². The molecule has 0 amide bonds.